The van der Waals surface area contributed by atoms with Crippen molar-refractivity contribution < 1.29 is 0 Å². The molecule has 5 nitrogen and oxygen atoms in total. The van der Waals surface area contributed by atoms with Crippen LogP contribution in [-0.2, 0) is 6.42 Å². The van der Waals surface area contributed by atoms with Crippen molar-refractivity contribution in [2.45, 2.75) is 32.1 Å². The highest BCUT2D eigenvalue weighted by Crippen LogP contribution is 2.22. The molecule has 0 amide bonds. The molecule has 0 radical (unpaired) electrons. The minimum absolute atomic E-state index is 0. The van der Waals surface area contributed by atoms with Crippen LogP contribution in [0.15, 0.2) is 29.3 Å². The van der Waals surface area contributed by atoms with Crippen molar-refractivity contribution in [1.82, 2.24) is 20.5 Å². The molecule has 1 aromatic carbocycles. The number of rotatable bonds is 7. The lowest BCUT2D eigenvalue weighted by molar-refractivity contribution is 0.232. The van der Waals surface area contributed by atoms with Crippen molar-refractivity contribution in [3.05, 3.63) is 29.3 Å². The molecule has 1 fully saturated rings. The van der Waals surface area contributed by atoms with Crippen LogP contribution >= 0.6 is 35.3 Å². The fourth-order valence-electron chi connectivity index (χ4n) is 3.21. The molecule has 7 heteroatoms. The fourth-order valence-corrected chi connectivity index (χ4v) is 4.22. The molecule has 2 heterocycles. The number of thiazole rings is 1. The molecular weight excluding hydrogens is 457 g/mol. The highest BCUT2D eigenvalue weighted by Gasteiger charge is 2.09. The van der Waals surface area contributed by atoms with Gasteiger partial charge in [-0.05, 0) is 44.5 Å². The number of hydrogen-bond acceptors (Lipinski definition) is 4. The predicted molar refractivity (Wildman–Crippen MR) is 123 cm³/mol. The maximum Gasteiger partial charge on any atom is 0.191 e. The number of fused-ring (bicyclic) bond motifs is 1. The lowest BCUT2D eigenvalue weighted by Crippen LogP contribution is -2.42. The summed E-state index contributed by atoms with van der Waals surface area (Å²) in [5.74, 6) is 0.904. The van der Waals surface area contributed by atoms with Crippen LogP contribution in [0.4, 0.5) is 0 Å². The van der Waals surface area contributed by atoms with Crippen LogP contribution < -0.4 is 10.6 Å². The van der Waals surface area contributed by atoms with Gasteiger partial charge in [-0.25, -0.2) is 4.98 Å². The molecule has 0 atom stereocenters. The Balaban J connectivity index is 0.00000243. The normalized spacial score (nSPS) is 15.7. The monoisotopic (exact) mass is 487 g/mol. The summed E-state index contributed by atoms with van der Waals surface area (Å²) in [6.07, 6.45) is 6.16. The highest BCUT2D eigenvalue weighted by atomic mass is 127. The smallest absolute Gasteiger partial charge is 0.191 e. The predicted octanol–water partition coefficient (Wildman–Crippen LogP) is 3.50. The molecule has 0 aliphatic carbocycles. The molecular formula is C19H30IN5S. The molecule has 26 heavy (non-hydrogen) atoms. The Hall–Kier alpha value is -0.930. The Morgan fingerprint density at radius 3 is 2.69 bits per heavy atom. The van der Waals surface area contributed by atoms with E-state index in [1.54, 1.807) is 11.3 Å². The Morgan fingerprint density at radius 1 is 1.15 bits per heavy atom. The number of aromatic nitrogens is 1. The van der Waals surface area contributed by atoms with E-state index in [-0.39, 0.29) is 24.0 Å². The first-order valence-electron chi connectivity index (χ1n) is 9.36. The van der Waals surface area contributed by atoms with Crippen molar-refractivity contribution in [3.8, 4) is 0 Å². The molecule has 0 saturated carbocycles. The van der Waals surface area contributed by atoms with Crippen molar-refractivity contribution in [1.29, 1.82) is 0 Å². The Morgan fingerprint density at radius 2 is 1.92 bits per heavy atom. The van der Waals surface area contributed by atoms with Gasteiger partial charge in [0.25, 0.3) is 0 Å². The van der Waals surface area contributed by atoms with Crippen LogP contribution in [0.2, 0.25) is 0 Å². The van der Waals surface area contributed by atoms with Crippen LogP contribution in [0.1, 0.15) is 30.7 Å². The van der Waals surface area contributed by atoms with Crippen LogP contribution in [-0.4, -0.2) is 55.6 Å². The summed E-state index contributed by atoms with van der Waals surface area (Å²) in [7, 11) is 1.84. The number of aliphatic imine (C=N–C) groups is 1. The highest BCUT2D eigenvalue weighted by molar-refractivity contribution is 14.0. The molecule has 1 saturated heterocycles. The van der Waals surface area contributed by atoms with Gasteiger partial charge in [0, 0.05) is 33.1 Å². The van der Waals surface area contributed by atoms with Gasteiger partial charge in [0.15, 0.2) is 5.96 Å². The number of halogens is 1. The molecule has 1 aliphatic heterocycles. The minimum atomic E-state index is 0. The third-order valence-corrected chi connectivity index (χ3v) is 5.69. The fraction of sp³-hybridized carbons (Fsp3) is 0.579. The summed E-state index contributed by atoms with van der Waals surface area (Å²) in [4.78, 5) is 11.5. The molecule has 1 aliphatic rings. The maximum atomic E-state index is 4.69. The number of piperidine rings is 1. The van der Waals surface area contributed by atoms with E-state index in [0.29, 0.717) is 0 Å². The summed E-state index contributed by atoms with van der Waals surface area (Å²) in [6.45, 7) is 5.47. The second-order valence-corrected chi connectivity index (χ2v) is 7.62. The van der Waals surface area contributed by atoms with Crippen LogP contribution in [0.25, 0.3) is 10.2 Å². The van der Waals surface area contributed by atoms with E-state index >= 15 is 0 Å². The molecule has 3 rings (SSSR count). The van der Waals surface area contributed by atoms with Crippen molar-refractivity contribution in [2.75, 3.05) is 39.8 Å². The van der Waals surface area contributed by atoms with Crippen molar-refractivity contribution in [3.63, 3.8) is 0 Å². The second-order valence-electron chi connectivity index (χ2n) is 6.51. The zero-order valence-electron chi connectivity index (χ0n) is 15.5. The lowest BCUT2D eigenvalue weighted by Gasteiger charge is -2.26. The topological polar surface area (TPSA) is 52.6 Å². The number of hydrogen-bond donors (Lipinski definition) is 2. The van der Waals surface area contributed by atoms with Crippen molar-refractivity contribution in [2.24, 2.45) is 4.99 Å². The van der Waals surface area contributed by atoms with E-state index in [1.807, 2.05) is 13.1 Å². The molecule has 0 bridgehead atoms. The van der Waals surface area contributed by atoms with Gasteiger partial charge < -0.3 is 15.5 Å². The van der Waals surface area contributed by atoms with Gasteiger partial charge in [0.05, 0.1) is 15.2 Å². The molecule has 2 aromatic rings. The van der Waals surface area contributed by atoms with Crippen LogP contribution in [0, 0.1) is 0 Å². The van der Waals surface area contributed by atoms with E-state index in [0.717, 1.165) is 44.0 Å². The largest absolute Gasteiger partial charge is 0.356 e. The Labute approximate surface area is 177 Å². The molecule has 0 unspecified atom stereocenters. The molecule has 1 aromatic heterocycles. The van der Waals surface area contributed by atoms with Gasteiger partial charge in [-0.15, -0.1) is 35.3 Å². The van der Waals surface area contributed by atoms with E-state index in [4.69, 9.17) is 4.98 Å². The number of para-hydroxylation sites is 1. The first-order chi connectivity index (χ1) is 12.3. The maximum absolute atomic E-state index is 4.69. The number of nitrogens with one attached hydrogen (secondary N) is 2. The number of guanidine groups is 1. The van der Waals surface area contributed by atoms with Gasteiger partial charge in [-0.3, -0.25) is 4.99 Å². The van der Waals surface area contributed by atoms with Crippen LogP contribution in [0.5, 0.6) is 0 Å². The SMILES string of the molecule is CN=C(NCCCc1nc2ccccc2s1)NCCN1CCCCC1.I. The van der Waals surface area contributed by atoms with Crippen LogP contribution in [0.3, 0.4) is 0 Å². The standard InChI is InChI=1S/C19H29N5S.HI/c1-20-19(22-12-15-24-13-5-2-6-14-24)21-11-7-10-18-23-16-8-3-4-9-17(16)25-18;/h3-4,8-9H,2,5-7,10-15H2,1H3,(H2,20,21,22);1H. The summed E-state index contributed by atoms with van der Waals surface area (Å²) >= 11 is 1.80. The Kier molecular flexibility index (Phi) is 9.63. The molecule has 144 valence electrons. The summed E-state index contributed by atoms with van der Waals surface area (Å²) in [5.41, 5.74) is 1.12. The number of benzene rings is 1. The lowest BCUT2D eigenvalue weighted by atomic mass is 10.1. The average molecular weight is 487 g/mol. The molecule has 0 spiro atoms. The quantitative estimate of drug-likeness (QED) is 0.272. The third kappa shape index (κ3) is 6.66. The third-order valence-electron chi connectivity index (χ3n) is 4.59. The minimum Gasteiger partial charge on any atom is -0.356 e. The van der Waals surface area contributed by atoms with Crippen molar-refractivity contribution >= 4 is 51.5 Å². The first kappa shape index (κ1) is 21.4. The van der Waals surface area contributed by atoms with Gasteiger partial charge in [-0.2, -0.15) is 0 Å². The second kappa shape index (κ2) is 11.7. The first-order valence-corrected chi connectivity index (χ1v) is 10.2. The summed E-state index contributed by atoms with van der Waals surface area (Å²) in [5, 5.41) is 8.05. The number of aryl methyl sites for hydroxylation is 1. The van der Waals surface area contributed by atoms with E-state index in [9.17, 15) is 0 Å². The van der Waals surface area contributed by atoms with E-state index in [1.165, 1.54) is 42.1 Å². The number of likely N-dealkylation sites (tertiary alicyclic amines) is 1. The van der Waals surface area contributed by atoms with Gasteiger partial charge >= 0.3 is 0 Å². The summed E-state index contributed by atoms with van der Waals surface area (Å²) in [6, 6.07) is 8.35. The average Bonchev–Trinajstić information content (AvgIpc) is 3.07. The van der Waals surface area contributed by atoms with E-state index < -0.39 is 0 Å². The van der Waals surface area contributed by atoms with Gasteiger partial charge in [0.2, 0.25) is 0 Å². The number of nitrogens with zero attached hydrogens (tertiary/aromatic N) is 3. The zero-order valence-corrected chi connectivity index (χ0v) is 18.7. The van der Waals surface area contributed by atoms with E-state index in [2.05, 4.69) is 38.7 Å². The van der Waals surface area contributed by atoms with Gasteiger partial charge in [0.1, 0.15) is 0 Å². The Bertz CT molecular complexity index is 648. The molecule has 2 N–H and O–H groups in total. The zero-order chi connectivity index (χ0) is 17.3. The summed E-state index contributed by atoms with van der Waals surface area (Å²) < 4.78 is 1.28. The van der Waals surface area contributed by atoms with Gasteiger partial charge in [-0.1, -0.05) is 18.6 Å².